The van der Waals surface area contributed by atoms with Crippen molar-refractivity contribution < 1.29 is 9.59 Å². The van der Waals surface area contributed by atoms with Gasteiger partial charge in [-0.05, 0) is 26.7 Å². The molecule has 0 fully saturated rings. The summed E-state index contributed by atoms with van der Waals surface area (Å²) in [5.41, 5.74) is 4.38. The molecule has 0 spiro atoms. The first-order valence-corrected chi connectivity index (χ1v) is 7.89. The normalized spacial score (nSPS) is 11.9. The van der Waals surface area contributed by atoms with Crippen LogP contribution in [0, 0.1) is 10.8 Å². The van der Waals surface area contributed by atoms with E-state index in [1.165, 1.54) is 0 Å². The van der Waals surface area contributed by atoms with Gasteiger partial charge in [-0.2, -0.15) is 0 Å². The average Bonchev–Trinajstić information content (AvgIpc) is 2.43. The van der Waals surface area contributed by atoms with E-state index in [-0.39, 0.29) is 23.3 Å². The van der Waals surface area contributed by atoms with Gasteiger partial charge in [0.1, 0.15) is 0 Å². The van der Waals surface area contributed by atoms with E-state index in [0.717, 1.165) is 12.8 Å². The number of amides is 2. The molecule has 0 radical (unpaired) electrons. The van der Waals surface area contributed by atoms with E-state index >= 15 is 0 Å². The highest BCUT2D eigenvalue weighted by atomic mass is 32.1. The molecule has 0 aromatic heterocycles. The SMILES string of the molecule is CCCC(CCC)(C(=O)NCC(C)(C)C(=O)NC)C(N)=S. The van der Waals surface area contributed by atoms with Crippen molar-refractivity contribution in [3.05, 3.63) is 0 Å². The van der Waals surface area contributed by atoms with Crippen LogP contribution in [0.2, 0.25) is 0 Å². The van der Waals surface area contributed by atoms with Crippen LogP contribution in [0.3, 0.4) is 0 Å². The van der Waals surface area contributed by atoms with Crippen LogP contribution in [0.1, 0.15) is 53.4 Å². The number of nitrogens with one attached hydrogen (secondary N) is 2. The van der Waals surface area contributed by atoms with E-state index in [0.29, 0.717) is 12.8 Å². The highest BCUT2D eigenvalue weighted by Crippen LogP contribution is 2.31. The monoisotopic (exact) mass is 315 g/mol. The molecule has 0 rings (SSSR count). The molecule has 0 aliphatic heterocycles. The molecule has 0 aliphatic carbocycles. The van der Waals surface area contributed by atoms with Crippen molar-refractivity contribution in [2.24, 2.45) is 16.6 Å². The zero-order chi connectivity index (χ0) is 16.7. The minimum absolute atomic E-state index is 0.116. The fraction of sp³-hybridized carbons (Fsp3) is 0.800. The topological polar surface area (TPSA) is 84.2 Å². The molecule has 0 unspecified atom stereocenters. The summed E-state index contributed by atoms with van der Waals surface area (Å²) in [6.07, 6.45) is 2.90. The van der Waals surface area contributed by atoms with Gasteiger partial charge >= 0.3 is 0 Å². The number of nitrogens with two attached hydrogens (primary N) is 1. The number of carbonyl (C=O) groups excluding carboxylic acids is 2. The summed E-state index contributed by atoms with van der Waals surface area (Å²) in [4.78, 5) is 24.6. The lowest BCUT2D eigenvalue weighted by Gasteiger charge is -2.32. The standard InChI is InChI=1S/C15H29N3O2S/c1-6-8-15(9-7-2,11(16)21)13(20)18-10-14(3,4)12(19)17-5/h6-10H2,1-5H3,(H2,16,21)(H,17,19)(H,18,20). The Morgan fingerprint density at radius 1 is 1.10 bits per heavy atom. The van der Waals surface area contributed by atoms with Crippen molar-refractivity contribution in [2.75, 3.05) is 13.6 Å². The molecule has 0 aromatic carbocycles. The van der Waals surface area contributed by atoms with Crippen molar-refractivity contribution in [2.45, 2.75) is 53.4 Å². The summed E-state index contributed by atoms with van der Waals surface area (Å²) in [5, 5.41) is 5.46. The molecule has 21 heavy (non-hydrogen) atoms. The second-order valence-electron chi connectivity index (χ2n) is 6.09. The van der Waals surface area contributed by atoms with E-state index in [2.05, 4.69) is 10.6 Å². The van der Waals surface area contributed by atoms with Crippen LogP contribution in [0.25, 0.3) is 0 Å². The average molecular weight is 315 g/mol. The molecule has 0 atom stereocenters. The Hall–Kier alpha value is -1.17. The summed E-state index contributed by atoms with van der Waals surface area (Å²) >= 11 is 5.16. The fourth-order valence-corrected chi connectivity index (χ4v) is 2.75. The van der Waals surface area contributed by atoms with Gasteiger partial charge in [-0.3, -0.25) is 9.59 Å². The van der Waals surface area contributed by atoms with Crippen LogP contribution in [-0.4, -0.2) is 30.4 Å². The second kappa shape index (κ2) is 8.32. The molecule has 0 saturated heterocycles. The Morgan fingerprint density at radius 3 is 1.90 bits per heavy atom. The van der Waals surface area contributed by atoms with E-state index in [9.17, 15) is 9.59 Å². The first-order chi connectivity index (χ1) is 9.67. The quantitative estimate of drug-likeness (QED) is 0.566. The van der Waals surface area contributed by atoms with Crippen LogP contribution < -0.4 is 16.4 Å². The molecule has 0 aliphatic rings. The Morgan fingerprint density at radius 2 is 1.57 bits per heavy atom. The number of rotatable bonds is 9. The maximum Gasteiger partial charge on any atom is 0.233 e. The summed E-state index contributed by atoms with van der Waals surface area (Å²) in [7, 11) is 1.58. The maximum absolute atomic E-state index is 12.6. The zero-order valence-corrected chi connectivity index (χ0v) is 14.7. The fourth-order valence-electron chi connectivity index (χ4n) is 2.45. The molecule has 0 saturated carbocycles. The summed E-state index contributed by atoms with van der Waals surface area (Å²) < 4.78 is 0. The Kier molecular flexibility index (Phi) is 7.85. The van der Waals surface area contributed by atoms with Crippen LogP contribution in [0.5, 0.6) is 0 Å². The number of hydrogen-bond acceptors (Lipinski definition) is 3. The third-order valence-corrected chi connectivity index (χ3v) is 4.18. The highest BCUT2D eigenvalue weighted by molar-refractivity contribution is 7.80. The molecule has 2 amide bonds. The van der Waals surface area contributed by atoms with Crippen LogP contribution in [-0.2, 0) is 9.59 Å². The van der Waals surface area contributed by atoms with Gasteiger partial charge in [0.2, 0.25) is 11.8 Å². The third-order valence-electron chi connectivity index (χ3n) is 3.79. The number of thiocarbonyl (C=S) groups is 1. The van der Waals surface area contributed by atoms with Crippen molar-refractivity contribution >= 4 is 29.0 Å². The van der Waals surface area contributed by atoms with E-state index in [1.54, 1.807) is 20.9 Å². The first kappa shape index (κ1) is 19.8. The Balaban J connectivity index is 5.07. The summed E-state index contributed by atoms with van der Waals surface area (Å²) in [5.74, 6) is -0.287. The van der Waals surface area contributed by atoms with Crippen LogP contribution in [0.4, 0.5) is 0 Å². The first-order valence-electron chi connectivity index (χ1n) is 7.48. The van der Waals surface area contributed by atoms with Crippen LogP contribution in [0.15, 0.2) is 0 Å². The molecular formula is C15H29N3O2S. The van der Waals surface area contributed by atoms with Crippen molar-refractivity contribution in [3.8, 4) is 0 Å². The largest absolute Gasteiger partial charge is 0.392 e. The molecule has 0 aromatic rings. The Labute approximate surface area is 133 Å². The van der Waals surface area contributed by atoms with Gasteiger partial charge in [0.05, 0.1) is 15.8 Å². The number of carbonyl (C=O) groups is 2. The minimum Gasteiger partial charge on any atom is -0.392 e. The lowest BCUT2D eigenvalue weighted by atomic mass is 9.78. The van der Waals surface area contributed by atoms with E-state index in [4.69, 9.17) is 18.0 Å². The molecule has 0 heterocycles. The summed E-state index contributed by atoms with van der Waals surface area (Å²) in [6.45, 7) is 7.83. The molecule has 5 nitrogen and oxygen atoms in total. The van der Waals surface area contributed by atoms with E-state index in [1.807, 2.05) is 13.8 Å². The predicted molar refractivity (Wildman–Crippen MR) is 89.9 cm³/mol. The van der Waals surface area contributed by atoms with Crippen molar-refractivity contribution in [3.63, 3.8) is 0 Å². The van der Waals surface area contributed by atoms with Crippen LogP contribution >= 0.6 is 12.2 Å². The molecule has 4 N–H and O–H groups in total. The van der Waals surface area contributed by atoms with Gasteiger partial charge < -0.3 is 16.4 Å². The molecule has 122 valence electrons. The molecule has 0 bridgehead atoms. The molecule has 6 heteroatoms. The zero-order valence-electron chi connectivity index (χ0n) is 13.8. The predicted octanol–water partition coefficient (Wildman–Crippen LogP) is 1.75. The second-order valence-corrected chi connectivity index (χ2v) is 6.53. The third kappa shape index (κ3) is 4.95. The van der Waals surface area contributed by atoms with Gasteiger partial charge in [0, 0.05) is 13.6 Å². The van der Waals surface area contributed by atoms with Gasteiger partial charge in [-0.25, -0.2) is 0 Å². The lowest BCUT2D eigenvalue weighted by Crippen LogP contribution is -2.52. The lowest BCUT2D eigenvalue weighted by molar-refractivity contribution is -0.131. The summed E-state index contributed by atoms with van der Waals surface area (Å²) in [6, 6.07) is 0. The van der Waals surface area contributed by atoms with Gasteiger partial charge in [0.15, 0.2) is 0 Å². The maximum atomic E-state index is 12.6. The smallest absolute Gasteiger partial charge is 0.233 e. The minimum atomic E-state index is -0.808. The Bertz CT molecular complexity index is 388. The highest BCUT2D eigenvalue weighted by Gasteiger charge is 2.40. The van der Waals surface area contributed by atoms with E-state index < -0.39 is 10.8 Å². The van der Waals surface area contributed by atoms with Gasteiger partial charge in [-0.15, -0.1) is 0 Å². The van der Waals surface area contributed by atoms with Gasteiger partial charge in [-0.1, -0.05) is 38.9 Å². The van der Waals surface area contributed by atoms with Crippen molar-refractivity contribution in [1.29, 1.82) is 0 Å². The van der Waals surface area contributed by atoms with Gasteiger partial charge in [0.25, 0.3) is 0 Å². The number of hydrogen-bond donors (Lipinski definition) is 3. The molecular weight excluding hydrogens is 286 g/mol. The van der Waals surface area contributed by atoms with Crippen molar-refractivity contribution in [1.82, 2.24) is 10.6 Å².